The molecule has 0 radical (unpaired) electrons. The first kappa shape index (κ1) is 17.3. The van der Waals surface area contributed by atoms with E-state index < -0.39 is 17.5 Å². The van der Waals surface area contributed by atoms with Crippen molar-refractivity contribution < 1.29 is 24.2 Å². The molecule has 1 aromatic rings. The lowest BCUT2D eigenvalue weighted by atomic mass is 10.2. The van der Waals surface area contributed by atoms with Crippen LogP contribution in [0.2, 0.25) is 0 Å². The first-order valence-electron chi connectivity index (χ1n) is 6.46. The van der Waals surface area contributed by atoms with Crippen molar-refractivity contribution in [1.82, 2.24) is 4.98 Å². The number of aromatic nitrogens is 1. The molecule has 0 aromatic carbocycles. The Hall–Kier alpha value is -2.75. The predicted octanol–water partition coefficient (Wildman–Crippen LogP) is 1.55. The summed E-state index contributed by atoms with van der Waals surface area (Å²) in [4.78, 5) is 26.0. The van der Waals surface area contributed by atoms with Gasteiger partial charge in [-0.15, -0.1) is 0 Å². The third-order valence-electron chi connectivity index (χ3n) is 2.26. The Morgan fingerprint density at radius 1 is 1.41 bits per heavy atom. The Morgan fingerprint density at radius 3 is 2.64 bits per heavy atom. The quantitative estimate of drug-likeness (QED) is 0.494. The maximum Gasteiger partial charge on any atom is 0.384 e. The summed E-state index contributed by atoms with van der Waals surface area (Å²) >= 11 is 0. The van der Waals surface area contributed by atoms with Crippen molar-refractivity contribution in [1.29, 1.82) is 0 Å². The maximum atomic E-state index is 11.4. The molecule has 7 nitrogen and oxygen atoms in total. The van der Waals surface area contributed by atoms with E-state index in [-0.39, 0.29) is 12.2 Å². The summed E-state index contributed by atoms with van der Waals surface area (Å²) in [5.74, 6) is 3.53. The second kappa shape index (κ2) is 7.31. The third-order valence-corrected chi connectivity index (χ3v) is 2.26. The summed E-state index contributed by atoms with van der Waals surface area (Å²) in [7, 11) is 1.42. The van der Waals surface area contributed by atoms with Gasteiger partial charge in [-0.05, 0) is 20.8 Å². The number of aromatic carboxylic acids is 1. The minimum atomic E-state index is -1.14. The molecule has 2 N–H and O–H groups in total. The normalized spacial score (nSPS) is 10.2. The Kier molecular flexibility index (Phi) is 5.75. The molecule has 0 aliphatic carbocycles. The molecule has 0 unspecified atom stereocenters. The lowest BCUT2D eigenvalue weighted by molar-refractivity contribution is -0.147. The van der Waals surface area contributed by atoms with Crippen LogP contribution in [0.3, 0.4) is 0 Å². The Balaban J connectivity index is 2.66. The SMILES string of the molecule is COc1cc(C(=O)O)ncc1NCC#CC(=O)OC(C)(C)C. The molecule has 0 atom stereocenters. The number of carbonyl (C=O) groups is 2. The van der Waals surface area contributed by atoms with Crippen molar-refractivity contribution in [3.8, 4) is 17.6 Å². The second-order valence-electron chi connectivity index (χ2n) is 5.23. The van der Waals surface area contributed by atoms with Crippen LogP contribution >= 0.6 is 0 Å². The molecule has 0 bridgehead atoms. The van der Waals surface area contributed by atoms with E-state index in [9.17, 15) is 9.59 Å². The number of ether oxygens (including phenoxy) is 2. The predicted molar refractivity (Wildman–Crippen MR) is 79.9 cm³/mol. The van der Waals surface area contributed by atoms with Crippen molar-refractivity contribution in [3.05, 3.63) is 18.0 Å². The number of anilines is 1. The summed E-state index contributed by atoms with van der Waals surface area (Å²) in [5.41, 5.74) is -0.229. The van der Waals surface area contributed by atoms with Gasteiger partial charge in [-0.2, -0.15) is 0 Å². The van der Waals surface area contributed by atoms with Crippen LogP contribution in [0.4, 0.5) is 5.69 Å². The lowest BCUT2D eigenvalue weighted by Crippen LogP contribution is -2.22. The maximum absolute atomic E-state index is 11.4. The van der Waals surface area contributed by atoms with Crippen LogP contribution in [0, 0.1) is 11.8 Å². The van der Waals surface area contributed by atoms with Crippen LogP contribution in [-0.4, -0.2) is 41.3 Å². The van der Waals surface area contributed by atoms with Gasteiger partial charge in [0.1, 0.15) is 11.4 Å². The summed E-state index contributed by atoms with van der Waals surface area (Å²) < 4.78 is 10.1. The van der Waals surface area contributed by atoms with E-state index in [1.54, 1.807) is 20.8 Å². The average Bonchev–Trinajstić information content (AvgIpc) is 2.41. The molecule has 1 rings (SSSR count). The van der Waals surface area contributed by atoms with E-state index in [0.717, 1.165) is 0 Å². The number of nitrogens with zero attached hydrogens (tertiary/aromatic N) is 1. The van der Waals surface area contributed by atoms with Gasteiger partial charge in [0.25, 0.3) is 0 Å². The van der Waals surface area contributed by atoms with Gasteiger partial charge in [0, 0.05) is 12.0 Å². The second-order valence-corrected chi connectivity index (χ2v) is 5.23. The third kappa shape index (κ3) is 5.71. The van der Waals surface area contributed by atoms with Gasteiger partial charge in [-0.1, -0.05) is 5.92 Å². The standard InChI is InChI=1S/C15H18N2O5/c1-15(2,3)22-13(18)6-5-7-16-11-9-17-10(14(19)20)8-12(11)21-4/h8-9,16H,7H2,1-4H3,(H,19,20). The fraction of sp³-hybridized carbons (Fsp3) is 0.400. The van der Waals surface area contributed by atoms with Crippen molar-refractivity contribution in [2.24, 2.45) is 0 Å². The summed E-state index contributed by atoms with van der Waals surface area (Å²) in [6.07, 6.45) is 1.33. The van der Waals surface area contributed by atoms with Gasteiger partial charge in [0.05, 0.1) is 25.5 Å². The smallest absolute Gasteiger partial charge is 0.384 e. The fourth-order valence-corrected chi connectivity index (χ4v) is 1.41. The molecule has 1 heterocycles. The van der Waals surface area contributed by atoms with Crippen LogP contribution in [0.1, 0.15) is 31.3 Å². The van der Waals surface area contributed by atoms with Crippen molar-refractivity contribution in [3.63, 3.8) is 0 Å². The zero-order valence-corrected chi connectivity index (χ0v) is 12.9. The number of hydrogen-bond acceptors (Lipinski definition) is 6. The van der Waals surface area contributed by atoms with Crippen molar-refractivity contribution in [2.75, 3.05) is 19.0 Å². The molecule has 118 valence electrons. The lowest BCUT2D eigenvalue weighted by Gasteiger charge is -2.16. The summed E-state index contributed by atoms with van der Waals surface area (Å²) in [6.45, 7) is 5.42. The monoisotopic (exact) mass is 306 g/mol. The molecule has 1 aromatic heterocycles. The zero-order chi connectivity index (χ0) is 16.8. The molecular formula is C15H18N2O5. The van der Waals surface area contributed by atoms with Crippen molar-refractivity contribution >= 4 is 17.6 Å². The van der Waals surface area contributed by atoms with E-state index in [2.05, 4.69) is 22.1 Å². The van der Waals surface area contributed by atoms with Gasteiger partial charge >= 0.3 is 11.9 Å². The summed E-state index contributed by atoms with van der Waals surface area (Å²) in [5, 5.41) is 11.7. The molecule has 0 aliphatic rings. The minimum absolute atomic E-state index is 0.123. The summed E-state index contributed by atoms with van der Waals surface area (Å²) in [6, 6.07) is 1.30. The number of carboxylic acids is 1. The number of carbonyl (C=O) groups excluding carboxylic acids is 1. The first-order chi connectivity index (χ1) is 10.2. The first-order valence-corrected chi connectivity index (χ1v) is 6.46. The van der Waals surface area contributed by atoms with Crippen LogP contribution in [0.5, 0.6) is 5.75 Å². The van der Waals surface area contributed by atoms with Gasteiger partial charge in [0.2, 0.25) is 0 Å². The van der Waals surface area contributed by atoms with E-state index in [1.807, 2.05) is 0 Å². The van der Waals surface area contributed by atoms with Gasteiger partial charge in [-0.25, -0.2) is 14.6 Å². The fourth-order valence-electron chi connectivity index (χ4n) is 1.41. The Bertz CT molecular complexity index is 623. The number of hydrogen-bond donors (Lipinski definition) is 2. The highest BCUT2D eigenvalue weighted by molar-refractivity contribution is 5.89. The van der Waals surface area contributed by atoms with Crippen LogP contribution < -0.4 is 10.1 Å². The van der Waals surface area contributed by atoms with E-state index in [1.165, 1.54) is 19.4 Å². The Labute approximate surface area is 128 Å². The number of esters is 1. The van der Waals surface area contributed by atoms with E-state index in [0.29, 0.717) is 11.4 Å². The van der Waals surface area contributed by atoms with Crippen molar-refractivity contribution in [2.45, 2.75) is 26.4 Å². The van der Waals surface area contributed by atoms with Gasteiger partial charge in [0.15, 0.2) is 5.69 Å². The van der Waals surface area contributed by atoms with E-state index in [4.69, 9.17) is 14.6 Å². The van der Waals surface area contributed by atoms with Crippen LogP contribution in [0.15, 0.2) is 12.3 Å². The number of methoxy groups -OCH3 is 1. The molecule has 7 heteroatoms. The Morgan fingerprint density at radius 2 is 2.09 bits per heavy atom. The van der Waals surface area contributed by atoms with Gasteiger partial charge in [-0.3, -0.25) is 0 Å². The highest BCUT2D eigenvalue weighted by Gasteiger charge is 2.14. The highest BCUT2D eigenvalue weighted by atomic mass is 16.6. The molecule has 0 aliphatic heterocycles. The minimum Gasteiger partial charge on any atom is -0.494 e. The molecule has 22 heavy (non-hydrogen) atoms. The van der Waals surface area contributed by atoms with Crippen LogP contribution in [0.25, 0.3) is 0 Å². The van der Waals surface area contributed by atoms with Crippen LogP contribution in [-0.2, 0) is 9.53 Å². The molecule has 0 saturated carbocycles. The molecule has 0 saturated heterocycles. The molecule has 0 fully saturated rings. The number of carboxylic acid groups (broad SMARTS) is 1. The highest BCUT2D eigenvalue weighted by Crippen LogP contribution is 2.23. The number of pyridine rings is 1. The number of nitrogens with one attached hydrogen (secondary N) is 1. The molecule has 0 amide bonds. The van der Waals surface area contributed by atoms with Gasteiger partial charge < -0.3 is 19.9 Å². The largest absolute Gasteiger partial charge is 0.494 e. The molecule has 0 spiro atoms. The topological polar surface area (TPSA) is 97.8 Å². The zero-order valence-electron chi connectivity index (χ0n) is 12.9. The van der Waals surface area contributed by atoms with E-state index >= 15 is 0 Å². The molecular weight excluding hydrogens is 288 g/mol. The number of rotatable bonds is 4. The average molecular weight is 306 g/mol.